The minimum Gasteiger partial charge on any atom is -0.398 e. The number of nitrogen functional groups attached to an aromatic ring is 1. The molecule has 13 nitrogen and oxygen atoms in total. The number of ether oxygens (including phenoxy) is 2. The van der Waals surface area contributed by atoms with E-state index in [9.17, 15) is 14.4 Å². The van der Waals surface area contributed by atoms with Crippen molar-refractivity contribution in [2.75, 3.05) is 62.5 Å². The summed E-state index contributed by atoms with van der Waals surface area (Å²) in [4.78, 5) is 48.3. The molecule has 2 aromatic heterocycles. The van der Waals surface area contributed by atoms with Crippen molar-refractivity contribution in [3.8, 4) is 6.07 Å². The highest BCUT2D eigenvalue weighted by Gasteiger charge is 2.27. The number of nitrogens with zero attached hydrogens (tertiary/aromatic N) is 5. The largest absolute Gasteiger partial charge is 0.398 e. The Bertz CT molecular complexity index is 1260. The van der Waals surface area contributed by atoms with Crippen LogP contribution in [-0.4, -0.2) is 85.7 Å². The van der Waals surface area contributed by atoms with Crippen molar-refractivity contribution in [1.82, 2.24) is 20.2 Å². The fourth-order valence-corrected chi connectivity index (χ4v) is 4.55. The second-order valence-corrected chi connectivity index (χ2v) is 9.31. The zero-order chi connectivity index (χ0) is 27.8. The number of rotatable bonds is 5. The van der Waals surface area contributed by atoms with Gasteiger partial charge < -0.3 is 25.4 Å². The number of hydrogen-bond acceptors (Lipinski definition) is 10. The number of methoxy groups -OCH3 is 1. The monoisotopic (exact) mass is 536 g/mol. The Kier molecular flexibility index (Phi) is 9.37. The number of aromatic nitrogens is 2. The first-order valence-electron chi connectivity index (χ1n) is 12.7. The topological polar surface area (TPSA) is 176 Å². The van der Waals surface area contributed by atoms with Crippen LogP contribution >= 0.6 is 0 Å². The molecule has 2 aromatic rings. The zero-order valence-corrected chi connectivity index (χ0v) is 21.8. The van der Waals surface area contributed by atoms with Gasteiger partial charge in [0, 0.05) is 51.1 Å². The first-order valence-corrected chi connectivity index (χ1v) is 12.7. The second kappa shape index (κ2) is 13.1. The van der Waals surface area contributed by atoms with Gasteiger partial charge >= 0.3 is 6.03 Å². The van der Waals surface area contributed by atoms with Crippen LogP contribution < -0.4 is 21.3 Å². The standard InChI is InChI=1S/C21H21N7O4.C5H11NO/c22-8-15-9-24-18(7-16(15)23)26-21(31)28-3-1-2-13-6-14(17(11-29)25-20(13)28)10-27-4-5-32-12-19(27)30;1-7-5-2-3-6-4-5/h6-7,9,11H,1-5,10,12H2,(H3,23,24,26,31);5-6H,2-4H2,1H3. The average molecular weight is 537 g/mol. The molecule has 2 fully saturated rings. The number of nitrogens with two attached hydrogens (primary N) is 1. The highest BCUT2D eigenvalue weighted by Crippen LogP contribution is 2.28. The molecule has 0 radical (unpaired) electrons. The minimum atomic E-state index is -0.469. The smallest absolute Gasteiger partial charge is 0.328 e. The van der Waals surface area contributed by atoms with Crippen LogP contribution in [0, 0.1) is 11.3 Å². The van der Waals surface area contributed by atoms with Crippen LogP contribution in [0.5, 0.6) is 0 Å². The van der Waals surface area contributed by atoms with E-state index in [0.717, 1.165) is 18.7 Å². The van der Waals surface area contributed by atoms with Crippen molar-refractivity contribution in [3.63, 3.8) is 0 Å². The van der Waals surface area contributed by atoms with Crippen molar-refractivity contribution in [1.29, 1.82) is 5.26 Å². The number of anilines is 3. The summed E-state index contributed by atoms with van der Waals surface area (Å²) in [6.45, 7) is 3.76. The summed E-state index contributed by atoms with van der Waals surface area (Å²) < 4.78 is 10.2. The molecule has 0 aromatic carbocycles. The van der Waals surface area contributed by atoms with Crippen LogP contribution in [0.2, 0.25) is 0 Å². The van der Waals surface area contributed by atoms with Gasteiger partial charge in [0.1, 0.15) is 30.0 Å². The predicted molar refractivity (Wildman–Crippen MR) is 142 cm³/mol. The molecule has 0 spiro atoms. The lowest BCUT2D eigenvalue weighted by Crippen LogP contribution is -2.42. The number of pyridine rings is 2. The molecule has 39 heavy (non-hydrogen) atoms. The first kappa shape index (κ1) is 27.9. The Labute approximate surface area is 226 Å². The fourth-order valence-electron chi connectivity index (χ4n) is 4.55. The third-order valence-corrected chi connectivity index (χ3v) is 6.72. The van der Waals surface area contributed by atoms with Gasteiger partial charge in [-0.3, -0.25) is 19.8 Å². The van der Waals surface area contributed by atoms with Crippen LogP contribution in [0.15, 0.2) is 18.3 Å². The minimum absolute atomic E-state index is 0.0244. The molecule has 3 aliphatic heterocycles. The quantitative estimate of drug-likeness (QED) is 0.469. The molecular formula is C26H32N8O5. The molecule has 5 heterocycles. The number of carbonyl (C=O) groups is 3. The van der Waals surface area contributed by atoms with Gasteiger partial charge in [0.25, 0.3) is 0 Å². The van der Waals surface area contributed by atoms with Gasteiger partial charge in [-0.05, 0) is 37.4 Å². The van der Waals surface area contributed by atoms with Crippen molar-refractivity contribution >= 4 is 35.5 Å². The molecule has 3 aliphatic rings. The average Bonchev–Trinajstić information content (AvgIpc) is 3.48. The molecule has 13 heteroatoms. The summed E-state index contributed by atoms with van der Waals surface area (Å²) in [5, 5.41) is 14.8. The third-order valence-electron chi connectivity index (χ3n) is 6.72. The Hall–Kier alpha value is -4.12. The number of fused-ring (bicyclic) bond motifs is 1. The zero-order valence-electron chi connectivity index (χ0n) is 21.8. The lowest BCUT2D eigenvalue weighted by molar-refractivity contribution is -0.143. The lowest BCUT2D eigenvalue weighted by Gasteiger charge is -2.30. The predicted octanol–water partition coefficient (Wildman–Crippen LogP) is 1.08. The maximum absolute atomic E-state index is 12.9. The summed E-state index contributed by atoms with van der Waals surface area (Å²) in [7, 11) is 1.76. The summed E-state index contributed by atoms with van der Waals surface area (Å²) in [5.74, 6) is 0.465. The number of nitrogens with one attached hydrogen (secondary N) is 2. The Balaban J connectivity index is 0.000000438. The van der Waals surface area contributed by atoms with E-state index in [4.69, 9.17) is 20.5 Å². The van der Waals surface area contributed by atoms with Crippen molar-refractivity contribution in [2.24, 2.45) is 0 Å². The molecule has 0 bridgehead atoms. The van der Waals surface area contributed by atoms with Crippen molar-refractivity contribution in [2.45, 2.75) is 31.9 Å². The van der Waals surface area contributed by atoms with E-state index >= 15 is 0 Å². The van der Waals surface area contributed by atoms with Crippen molar-refractivity contribution in [3.05, 3.63) is 40.7 Å². The highest BCUT2D eigenvalue weighted by molar-refractivity contribution is 6.01. The van der Waals surface area contributed by atoms with Crippen LogP contribution in [0.4, 0.5) is 22.1 Å². The number of nitriles is 1. The number of urea groups is 1. The van der Waals surface area contributed by atoms with Gasteiger partial charge in [0.05, 0.1) is 24.0 Å². The lowest BCUT2D eigenvalue weighted by atomic mass is 10.0. The first-order chi connectivity index (χ1) is 18.9. The Morgan fingerprint density at radius 3 is 2.90 bits per heavy atom. The fraction of sp³-hybridized carbons (Fsp3) is 0.462. The van der Waals surface area contributed by atoms with Gasteiger partial charge in [0.15, 0.2) is 6.29 Å². The van der Waals surface area contributed by atoms with Gasteiger partial charge in [-0.1, -0.05) is 0 Å². The van der Waals surface area contributed by atoms with Crippen molar-refractivity contribution < 1.29 is 23.9 Å². The number of amides is 3. The SMILES string of the molecule is COC1CCNC1.N#Cc1cnc(NC(=O)N2CCCc3cc(CN4CCOCC4=O)c(C=O)nc32)cc1N. The van der Waals surface area contributed by atoms with Crippen LogP contribution in [0.3, 0.4) is 0 Å². The normalized spacial score (nSPS) is 18.5. The maximum atomic E-state index is 12.9. The van der Waals surface area contributed by atoms with E-state index < -0.39 is 6.03 Å². The molecule has 1 unspecified atom stereocenters. The van der Waals surface area contributed by atoms with E-state index in [1.54, 1.807) is 12.0 Å². The molecule has 2 saturated heterocycles. The number of aldehydes is 1. The van der Waals surface area contributed by atoms with Crippen LogP contribution in [0.1, 0.15) is 40.0 Å². The van der Waals surface area contributed by atoms with Gasteiger partial charge in [0.2, 0.25) is 5.91 Å². The third kappa shape index (κ3) is 6.85. The molecular weight excluding hydrogens is 504 g/mol. The van der Waals surface area contributed by atoms with E-state index in [2.05, 4.69) is 20.6 Å². The summed E-state index contributed by atoms with van der Waals surface area (Å²) in [6, 6.07) is 4.70. The molecule has 3 amide bonds. The number of hydrogen-bond donors (Lipinski definition) is 3. The summed E-state index contributed by atoms with van der Waals surface area (Å²) in [5.41, 5.74) is 7.86. The summed E-state index contributed by atoms with van der Waals surface area (Å²) in [6.07, 6.45) is 4.99. The summed E-state index contributed by atoms with van der Waals surface area (Å²) >= 11 is 0. The van der Waals surface area contributed by atoms with Gasteiger partial charge in [-0.25, -0.2) is 14.8 Å². The molecule has 206 valence electrons. The maximum Gasteiger partial charge on any atom is 0.328 e. The van der Waals surface area contributed by atoms with Crippen LogP contribution in [-0.2, 0) is 27.2 Å². The van der Waals surface area contributed by atoms with Gasteiger partial charge in [-0.15, -0.1) is 0 Å². The van der Waals surface area contributed by atoms with E-state index in [1.807, 2.05) is 12.1 Å². The Morgan fingerprint density at radius 2 is 2.26 bits per heavy atom. The van der Waals surface area contributed by atoms with E-state index in [0.29, 0.717) is 56.3 Å². The molecule has 4 N–H and O–H groups in total. The van der Waals surface area contributed by atoms with E-state index in [1.165, 1.54) is 23.6 Å². The highest BCUT2D eigenvalue weighted by atomic mass is 16.5. The number of morpholine rings is 1. The Morgan fingerprint density at radius 1 is 1.41 bits per heavy atom. The van der Waals surface area contributed by atoms with Gasteiger partial charge in [-0.2, -0.15) is 5.26 Å². The molecule has 0 saturated carbocycles. The number of aryl methyl sites for hydroxylation is 1. The molecule has 0 aliphatic carbocycles. The number of carbonyl (C=O) groups excluding carboxylic acids is 3. The van der Waals surface area contributed by atoms with Crippen LogP contribution in [0.25, 0.3) is 0 Å². The molecule has 5 rings (SSSR count). The second-order valence-electron chi connectivity index (χ2n) is 9.31. The van der Waals surface area contributed by atoms with E-state index in [-0.39, 0.29) is 41.8 Å². The molecule has 1 atom stereocenters.